The molecule has 0 saturated heterocycles. The molecular weight excluding hydrogens is 484 g/mol. The van der Waals surface area contributed by atoms with E-state index in [0.717, 1.165) is 0 Å². The first-order valence-corrected chi connectivity index (χ1v) is 12.7. The lowest BCUT2D eigenvalue weighted by Gasteiger charge is -2.23. The predicted octanol–water partition coefficient (Wildman–Crippen LogP) is 7.26. The van der Waals surface area contributed by atoms with Gasteiger partial charge in [-0.15, -0.1) is 0 Å². The molecule has 0 bridgehead atoms. The van der Waals surface area contributed by atoms with Crippen molar-refractivity contribution in [2.45, 2.75) is 60.3 Å². The van der Waals surface area contributed by atoms with Gasteiger partial charge in [-0.05, 0) is 60.6 Å². The number of phenols is 5. The Bertz CT molecular complexity index is 1610. The minimum absolute atomic E-state index is 0.0257. The summed E-state index contributed by atoms with van der Waals surface area (Å²) < 4.78 is 5.66. The van der Waals surface area contributed by atoms with E-state index >= 15 is 0 Å². The minimum atomic E-state index is -0.598. The normalized spacial score (nSPS) is 11.7. The number of hydrogen-bond acceptors (Lipinski definition) is 7. The molecule has 0 spiro atoms. The van der Waals surface area contributed by atoms with E-state index in [1.165, 1.54) is 0 Å². The van der Waals surface area contributed by atoms with E-state index in [4.69, 9.17) is 4.74 Å². The van der Waals surface area contributed by atoms with E-state index in [2.05, 4.69) is 0 Å². The number of carbonyl (C=O) groups excluding carboxylic acids is 1. The Balaban J connectivity index is 2.20. The second-order valence-corrected chi connectivity index (χ2v) is 10.4. The second-order valence-electron chi connectivity index (χ2n) is 10.4. The molecule has 5 N–H and O–H groups in total. The van der Waals surface area contributed by atoms with Crippen LogP contribution in [0.3, 0.4) is 0 Å². The van der Waals surface area contributed by atoms with Crippen LogP contribution >= 0.6 is 0 Å². The molecule has 0 aliphatic carbocycles. The lowest BCUT2D eigenvalue weighted by atomic mass is 9.84. The highest BCUT2D eigenvalue weighted by Crippen LogP contribution is 2.53. The van der Waals surface area contributed by atoms with Crippen LogP contribution in [0.4, 0.5) is 0 Å². The molecule has 0 radical (unpaired) electrons. The van der Waals surface area contributed by atoms with Crippen LogP contribution in [0.2, 0.25) is 0 Å². The van der Waals surface area contributed by atoms with E-state index in [-0.39, 0.29) is 45.8 Å². The van der Waals surface area contributed by atoms with Crippen LogP contribution < -0.4 is 4.74 Å². The molecule has 0 heterocycles. The van der Waals surface area contributed by atoms with Crippen LogP contribution in [-0.4, -0.2) is 38.4 Å². The molecule has 0 aromatic heterocycles. The van der Waals surface area contributed by atoms with Gasteiger partial charge in [0.1, 0.15) is 11.5 Å². The first-order valence-electron chi connectivity index (χ1n) is 12.7. The van der Waals surface area contributed by atoms with Crippen LogP contribution in [0, 0.1) is 13.8 Å². The average molecular weight is 519 g/mol. The van der Waals surface area contributed by atoms with E-state index < -0.39 is 11.5 Å². The van der Waals surface area contributed by atoms with Crippen LogP contribution in [-0.2, 0) is 0 Å². The lowest BCUT2D eigenvalue weighted by Crippen LogP contribution is -2.00. The molecule has 0 fully saturated rings. The maximum Gasteiger partial charge on any atom is 0.169 e. The Morgan fingerprint density at radius 3 is 1.76 bits per heavy atom. The van der Waals surface area contributed by atoms with Crippen molar-refractivity contribution < 1.29 is 35.1 Å². The third kappa shape index (κ3) is 3.85. The molecule has 38 heavy (non-hydrogen) atoms. The first kappa shape index (κ1) is 26.9. The number of phenolic OH excluding ortho intramolecular Hbond substituents is 5. The van der Waals surface area contributed by atoms with Gasteiger partial charge in [0.15, 0.2) is 29.3 Å². The molecule has 0 aliphatic heterocycles. The molecule has 0 aliphatic rings. The number of carbonyl (C=O) groups is 1. The highest BCUT2D eigenvalue weighted by molar-refractivity contribution is 6.12. The predicted molar refractivity (Wildman–Crippen MR) is 149 cm³/mol. The quantitative estimate of drug-likeness (QED) is 0.134. The number of benzene rings is 4. The number of ether oxygens (including phenoxy) is 1. The van der Waals surface area contributed by atoms with Gasteiger partial charge in [-0.3, -0.25) is 4.79 Å². The van der Waals surface area contributed by atoms with Crippen molar-refractivity contribution in [2.24, 2.45) is 0 Å². The average Bonchev–Trinajstić information content (AvgIpc) is 2.83. The van der Waals surface area contributed by atoms with Crippen LogP contribution in [0.1, 0.15) is 79.1 Å². The topological polar surface area (TPSA) is 127 Å². The third-order valence-electron chi connectivity index (χ3n) is 7.21. The Kier molecular flexibility index (Phi) is 6.82. The zero-order valence-corrected chi connectivity index (χ0v) is 22.7. The maximum absolute atomic E-state index is 12.0. The van der Waals surface area contributed by atoms with Gasteiger partial charge in [-0.1, -0.05) is 39.8 Å². The molecule has 0 amide bonds. The summed E-state index contributed by atoms with van der Waals surface area (Å²) in [4.78, 5) is 12.0. The Morgan fingerprint density at radius 1 is 0.711 bits per heavy atom. The fourth-order valence-electron chi connectivity index (χ4n) is 5.61. The smallest absolute Gasteiger partial charge is 0.169 e. The molecule has 4 rings (SSSR count). The van der Waals surface area contributed by atoms with E-state index in [1.54, 1.807) is 32.9 Å². The number of aryl methyl sites for hydroxylation is 2. The number of hydrogen-bond donors (Lipinski definition) is 5. The summed E-state index contributed by atoms with van der Waals surface area (Å²) in [6.45, 7) is 13.3. The molecule has 0 unspecified atom stereocenters. The van der Waals surface area contributed by atoms with E-state index in [9.17, 15) is 30.3 Å². The summed E-state index contributed by atoms with van der Waals surface area (Å²) in [6, 6.07) is 5.19. The van der Waals surface area contributed by atoms with Crippen molar-refractivity contribution in [3.05, 3.63) is 46.0 Å². The zero-order chi connectivity index (χ0) is 28.2. The van der Waals surface area contributed by atoms with Gasteiger partial charge in [0.25, 0.3) is 0 Å². The molecule has 0 saturated carbocycles. The summed E-state index contributed by atoms with van der Waals surface area (Å²) >= 11 is 0. The van der Waals surface area contributed by atoms with Gasteiger partial charge in [0.2, 0.25) is 0 Å². The van der Waals surface area contributed by atoms with Crippen LogP contribution in [0.25, 0.3) is 32.7 Å². The zero-order valence-electron chi connectivity index (χ0n) is 22.7. The highest BCUT2D eigenvalue weighted by atomic mass is 16.5. The summed E-state index contributed by atoms with van der Waals surface area (Å²) in [7, 11) is 0. The van der Waals surface area contributed by atoms with Crippen molar-refractivity contribution in [1.29, 1.82) is 0 Å². The third-order valence-corrected chi connectivity index (χ3v) is 7.21. The molecule has 7 nitrogen and oxygen atoms in total. The molecule has 0 atom stereocenters. The minimum Gasteiger partial charge on any atom is -0.507 e. The van der Waals surface area contributed by atoms with Gasteiger partial charge in [0, 0.05) is 33.0 Å². The summed E-state index contributed by atoms with van der Waals surface area (Å²) in [5.41, 5.74) is 2.71. The fraction of sp³-hybridized carbons (Fsp3) is 0.323. The summed E-state index contributed by atoms with van der Waals surface area (Å²) in [5, 5.41) is 57.2. The summed E-state index contributed by atoms with van der Waals surface area (Å²) in [6.07, 6.45) is 0.402. The molecular formula is C31H34O7. The van der Waals surface area contributed by atoms with Gasteiger partial charge < -0.3 is 30.3 Å². The highest BCUT2D eigenvalue weighted by Gasteiger charge is 2.28. The van der Waals surface area contributed by atoms with Crippen molar-refractivity contribution in [1.82, 2.24) is 0 Å². The second kappa shape index (κ2) is 9.63. The first-order chi connectivity index (χ1) is 17.9. The number of aromatic hydroxyl groups is 5. The van der Waals surface area contributed by atoms with Crippen molar-refractivity contribution in [2.75, 3.05) is 6.61 Å². The largest absolute Gasteiger partial charge is 0.507 e. The summed E-state index contributed by atoms with van der Waals surface area (Å²) in [5.74, 6) is -1.40. The molecule has 7 heteroatoms. The van der Waals surface area contributed by atoms with Crippen LogP contribution in [0.5, 0.6) is 34.5 Å². The Labute approximate surface area is 221 Å². The van der Waals surface area contributed by atoms with Gasteiger partial charge >= 0.3 is 0 Å². The molecule has 4 aromatic carbocycles. The number of rotatable bonds is 6. The maximum atomic E-state index is 12.0. The van der Waals surface area contributed by atoms with Gasteiger partial charge in [-0.2, -0.15) is 0 Å². The van der Waals surface area contributed by atoms with Crippen molar-refractivity contribution >= 4 is 27.8 Å². The Hall–Kier alpha value is -4.13. The molecule has 4 aromatic rings. The van der Waals surface area contributed by atoms with Crippen molar-refractivity contribution in [3.63, 3.8) is 0 Å². The van der Waals surface area contributed by atoms with Gasteiger partial charge in [0.05, 0.1) is 12.2 Å². The monoisotopic (exact) mass is 518 g/mol. The fourth-order valence-corrected chi connectivity index (χ4v) is 5.61. The standard InChI is InChI=1S/C31H34O7/c1-8-38-21-11-18-17(22(13(2)3)29(21)35)9-15(6)24(27(18)33)25-16(7)10-19-23(14(4)5)31(37)28(34)20(12-32)26(19)30(25)36/h9-14,33-37H,8H2,1-7H3. The van der Waals surface area contributed by atoms with Crippen molar-refractivity contribution in [3.8, 4) is 45.6 Å². The Morgan fingerprint density at radius 2 is 1.24 bits per heavy atom. The molecule has 200 valence electrons. The van der Waals surface area contributed by atoms with Crippen LogP contribution in [0.15, 0.2) is 18.2 Å². The SMILES string of the molecule is CCOc1cc2c(O)c(-c3c(C)cc4c(C(C)C)c(O)c(O)c(C=O)c4c3O)c(C)cc2c(C(C)C)c1O. The van der Waals surface area contributed by atoms with E-state index in [0.29, 0.717) is 62.4 Å². The van der Waals surface area contributed by atoms with E-state index in [1.807, 2.05) is 33.8 Å². The van der Waals surface area contributed by atoms with Gasteiger partial charge in [-0.25, -0.2) is 0 Å². The number of aldehydes is 1. The lowest BCUT2D eigenvalue weighted by molar-refractivity contribution is 0.112. The number of fused-ring (bicyclic) bond motifs is 2.